The molecule has 9 heteroatoms. The summed E-state index contributed by atoms with van der Waals surface area (Å²) in [6.45, 7) is 8.20. The number of benzene rings is 1. The van der Waals surface area contributed by atoms with E-state index in [0.717, 1.165) is 37.6 Å². The van der Waals surface area contributed by atoms with E-state index in [0.29, 0.717) is 28.7 Å². The molecule has 186 valence electrons. The molecule has 2 aliphatic rings. The second-order valence-corrected chi connectivity index (χ2v) is 10.1. The normalized spacial score (nSPS) is 16.7. The first-order valence-electron chi connectivity index (χ1n) is 12.8. The molecule has 0 amide bonds. The lowest BCUT2D eigenvalue weighted by atomic mass is 10.2. The van der Waals surface area contributed by atoms with Crippen LogP contribution in [0.5, 0.6) is 0 Å². The van der Waals surface area contributed by atoms with E-state index < -0.39 is 0 Å². The molecule has 1 aliphatic heterocycles. The maximum Gasteiger partial charge on any atom is 0.278 e. The summed E-state index contributed by atoms with van der Waals surface area (Å²) < 4.78 is 3.56. The summed E-state index contributed by atoms with van der Waals surface area (Å²) in [6.07, 6.45) is 3.96. The van der Waals surface area contributed by atoms with Gasteiger partial charge in [-0.3, -0.25) is 4.79 Å². The molecule has 0 radical (unpaired) electrons. The number of fused-ring (bicyclic) bond motifs is 1. The predicted octanol–water partition coefficient (Wildman–Crippen LogP) is 3.93. The van der Waals surface area contributed by atoms with E-state index in [1.165, 1.54) is 18.5 Å². The van der Waals surface area contributed by atoms with Crippen molar-refractivity contribution < 1.29 is 0 Å². The van der Waals surface area contributed by atoms with E-state index in [9.17, 15) is 4.79 Å². The third kappa shape index (κ3) is 4.24. The molecule has 1 N–H and O–H groups in total. The molecule has 9 nitrogen and oxygen atoms in total. The summed E-state index contributed by atoms with van der Waals surface area (Å²) in [5, 5.41) is 3.80. The highest BCUT2D eigenvalue weighted by Gasteiger charge is 2.26. The third-order valence-corrected chi connectivity index (χ3v) is 7.07. The van der Waals surface area contributed by atoms with Gasteiger partial charge in [0.25, 0.3) is 5.56 Å². The summed E-state index contributed by atoms with van der Waals surface area (Å²) in [5.74, 6) is 1.68. The highest BCUT2D eigenvalue weighted by atomic mass is 16.1. The van der Waals surface area contributed by atoms with Crippen LogP contribution in [0.3, 0.4) is 0 Å². The van der Waals surface area contributed by atoms with Crippen molar-refractivity contribution in [3.8, 4) is 5.82 Å². The van der Waals surface area contributed by atoms with Gasteiger partial charge in [-0.1, -0.05) is 6.07 Å². The van der Waals surface area contributed by atoms with Gasteiger partial charge in [0.15, 0.2) is 11.5 Å². The number of hydrogen-bond acceptors (Lipinski definition) is 7. The molecular formula is C27H32N8O. The van der Waals surface area contributed by atoms with Crippen LogP contribution >= 0.6 is 0 Å². The Morgan fingerprint density at radius 1 is 0.972 bits per heavy atom. The summed E-state index contributed by atoms with van der Waals surface area (Å²) in [6, 6.07) is 14.3. The molecule has 36 heavy (non-hydrogen) atoms. The number of aromatic nitrogens is 5. The zero-order chi connectivity index (χ0) is 24.8. The van der Waals surface area contributed by atoms with Crippen molar-refractivity contribution >= 4 is 28.4 Å². The van der Waals surface area contributed by atoms with Crippen LogP contribution in [0.25, 0.3) is 16.9 Å². The molecule has 6 rings (SSSR count). The zero-order valence-corrected chi connectivity index (χ0v) is 21.1. The van der Waals surface area contributed by atoms with E-state index in [1.54, 1.807) is 10.9 Å². The van der Waals surface area contributed by atoms with Crippen LogP contribution in [0, 0.1) is 0 Å². The Hall–Kier alpha value is -3.72. The summed E-state index contributed by atoms with van der Waals surface area (Å²) >= 11 is 0. The van der Waals surface area contributed by atoms with Crippen LogP contribution in [-0.2, 0) is 0 Å². The highest BCUT2D eigenvalue weighted by Crippen LogP contribution is 2.39. The van der Waals surface area contributed by atoms with E-state index in [4.69, 9.17) is 9.97 Å². The van der Waals surface area contributed by atoms with Crippen molar-refractivity contribution in [3.63, 3.8) is 0 Å². The fraction of sp³-hybridized carbons (Fsp3) is 0.407. The molecule has 0 atom stereocenters. The molecule has 0 bridgehead atoms. The first kappa shape index (κ1) is 22.7. The Labute approximate surface area is 210 Å². The molecule has 3 aromatic heterocycles. The number of rotatable bonds is 6. The second kappa shape index (κ2) is 9.05. The smallest absolute Gasteiger partial charge is 0.278 e. The SMILES string of the molecule is CC(C)n1c(=O)c2cnc(Nc3ccc(N4CCN(C)CC4)cc3)nc2n1-c1cccc(C2CC2)n1. The molecule has 4 aromatic rings. The highest BCUT2D eigenvalue weighted by molar-refractivity contribution is 5.77. The predicted molar refractivity (Wildman–Crippen MR) is 143 cm³/mol. The fourth-order valence-corrected chi connectivity index (χ4v) is 4.86. The van der Waals surface area contributed by atoms with E-state index >= 15 is 0 Å². The van der Waals surface area contributed by atoms with Crippen LogP contribution < -0.4 is 15.8 Å². The number of nitrogens with one attached hydrogen (secondary N) is 1. The van der Waals surface area contributed by atoms with Gasteiger partial charge in [-0.05, 0) is 70.1 Å². The minimum Gasteiger partial charge on any atom is -0.369 e. The van der Waals surface area contributed by atoms with Gasteiger partial charge in [0, 0.05) is 61.4 Å². The average Bonchev–Trinajstić information content (AvgIpc) is 3.69. The molecule has 0 spiro atoms. The minimum absolute atomic E-state index is 0.0587. The van der Waals surface area contributed by atoms with Crippen LogP contribution in [0.4, 0.5) is 17.3 Å². The largest absolute Gasteiger partial charge is 0.369 e. The Kier molecular flexibility index (Phi) is 5.72. The van der Waals surface area contributed by atoms with Gasteiger partial charge in [0.05, 0.1) is 0 Å². The average molecular weight is 485 g/mol. The van der Waals surface area contributed by atoms with Crippen molar-refractivity contribution in [3.05, 3.63) is 64.7 Å². The third-order valence-electron chi connectivity index (χ3n) is 7.07. The zero-order valence-electron chi connectivity index (χ0n) is 21.1. The van der Waals surface area contributed by atoms with Crippen molar-refractivity contribution in [2.45, 2.75) is 38.6 Å². The quantitative estimate of drug-likeness (QED) is 0.444. The van der Waals surface area contributed by atoms with Gasteiger partial charge in [-0.25, -0.2) is 19.3 Å². The molecular weight excluding hydrogens is 452 g/mol. The van der Waals surface area contributed by atoms with Crippen molar-refractivity contribution in [1.82, 2.24) is 29.2 Å². The molecule has 4 heterocycles. The first-order valence-corrected chi connectivity index (χ1v) is 12.8. The Bertz CT molecular complexity index is 1440. The first-order chi connectivity index (χ1) is 17.5. The minimum atomic E-state index is -0.110. The van der Waals surface area contributed by atoms with Gasteiger partial charge in [-0.2, -0.15) is 4.98 Å². The molecule has 1 saturated carbocycles. The molecule has 0 unspecified atom stereocenters. The number of likely N-dealkylation sites (N-methyl/N-ethyl adjacent to an activating group) is 1. The number of nitrogens with zero attached hydrogens (tertiary/aromatic N) is 7. The number of anilines is 3. The number of hydrogen-bond donors (Lipinski definition) is 1. The van der Waals surface area contributed by atoms with Crippen LogP contribution in [0.15, 0.2) is 53.5 Å². The standard InChI is InChI=1S/C27H32N8O/c1-18(2)34-26(36)22-17-28-27(29-20-9-11-21(12-10-20)33-15-13-32(3)14-16-33)31-25(22)35(34)24-6-4-5-23(30-24)19-7-8-19/h4-6,9-12,17-19H,7-8,13-16H2,1-3H3,(H,28,29,31). The van der Waals surface area contributed by atoms with Crippen molar-refractivity contribution in [2.75, 3.05) is 43.4 Å². The number of piperazine rings is 1. The van der Waals surface area contributed by atoms with Gasteiger partial charge in [0.1, 0.15) is 5.39 Å². The lowest BCUT2D eigenvalue weighted by molar-refractivity contribution is 0.313. The fourth-order valence-electron chi connectivity index (χ4n) is 4.86. The van der Waals surface area contributed by atoms with Crippen LogP contribution in [0.1, 0.15) is 44.3 Å². The van der Waals surface area contributed by atoms with E-state index in [1.807, 2.05) is 42.8 Å². The maximum atomic E-state index is 13.3. The second-order valence-electron chi connectivity index (χ2n) is 10.1. The topological polar surface area (TPSA) is 84.1 Å². The van der Waals surface area contributed by atoms with Gasteiger partial charge >= 0.3 is 0 Å². The molecule has 1 aliphatic carbocycles. The summed E-state index contributed by atoms with van der Waals surface area (Å²) in [4.78, 5) is 32.2. The molecule has 2 fully saturated rings. The summed E-state index contributed by atoms with van der Waals surface area (Å²) in [5.41, 5.74) is 3.64. The Morgan fingerprint density at radius 2 is 1.72 bits per heavy atom. The lowest BCUT2D eigenvalue weighted by Crippen LogP contribution is -2.44. The summed E-state index contributed by atoms with van der Waals surface area (Å²) in [7, 11) is 2.16. The van der Waals surface area contributed by atoms with Crippen LogP contribution in [0.2, 0.25) is 0 Å². The van der Waals surface area contributed by atoms with E-state index in [2.05, 4.69) is 45.3 Å². The van der Waals surface area contributed by atoms with E-state index in [-0.39, 0.29) is 11.6 Å². The lowest BCUT2D eigenvalue weighted by Gasteiger charge is -2.34. The van der Waals surface area contributed by atoms with Gasteiger partial charge < -0.3 is 15.1 Å². The maximum absolute atomic E-state index is 13.3. The van der Waals surface area contributed by atoms with Crippen molar-refractivity contribution in [2.24, 2.45) is 0 Å². The molecule has 1 saturated heterocycles. The monoisotopic (exact) mass is 484 g/mol. The van der Waals surface area contributed by atoms with Crippen LogP contribution in [-0.4, -0.2) is 62.4 Å². The van der Waals surface area contributed by atoms with Gasteiger partial charge in [0.2, 0.25) is 5.95 Å². The van der Waals surface area contributed by atoms with Crippen molar-refractivity contribution in [1.29, 1.82) is 0 Å². The Morgan fingerprint density at radius 3 is 2.42 bits per heavy atom. The van der Waals surface area contributed by atoms with Gasteiger partial charge in [-0.15, -0.1) is 0 Å². The Balaban J connectivity index is 1.34. The number of pyridine rings is 1. The molecule has 1 aromatic carbocycles.